The second kappa shape index (κ2) is 7.78. The van der Waals surface area contributed by atoms with Gasteiger partial charge in [0.1, 0.15) is 0 Å². The number of nitrogens with zero attached hydrogens (tertiary/aromatic N) is 1. The number of carbonyl (C=O) groups excluding carboxylic acids is 1. The average Bonchev–Trinajstić information content (AvgIpc) is 2.50. The van der Waals surface area contributed by atoms with Crippen molar-refractivity contribution in [2.75, 3.05) is 26.7 Å². The number of carbonyl (C=O) groups is 1. The van der Waals surface area contributed by atoms with E-state index in [-0.39, 0.29) is 5.97 Å². The van der Waals surface area contributed by atoms with E-state index in [1.54, 1.807) is 0 Å². The molecular formula is C16H23ClN2O2. The van der Waals surface area contributed by atoms with Crippen LogP contribution in [0.4, 0.5) is 0 Å². The van der Waals surface area contributed by atoms with Crippen LogP contribution in [0, 0.1) is 0 Å². The van der Waals surface area contributed by atoms with Crippen molar-refractivity contribution < 1.29 is 9.53 Å². The van der Waals surface area contributed by atoms with Crippen molar-refractivity contribution in [3.63, 3.8) is 0 Å². The zero-order valence-electron chi connectivity index (χ0n) is 12.7. The monoisotopic (exact) mass is 310 g/mol. The van der Waals surface area contributed by atoms with Crippen molar-refractivity contribution >= 4 is 17.6 Å². The van der Waals surface area contributed by atoms with Gasteiger partial charge < -0.3 is 10.1 Å². The third kappa shape index (κ3) is 4.70. The van der Waals surface area contributed by atoms with E-state index >= 15 is 0 Å². The van der Waals surface area contributed by atoms with E-state index in [0.29, 0.717) is 17.5 Å². The van der Waals surface area contributed by atoms with Crippen LogP contribution in [0.15, 0.2) is 18.2 Å². The van der Waals surface area contributed by atoms with Crippen molar-refractivity contribution in [3.8, 4) is 0 Å². The molecule has 1 fully saturated rings. The molecule has 0 aliphatic carbocycles. The summed E-state index contributed by atoms with van der Waals surface area (Å²) in [5, 5.41) is 4.22. The Labute approximate surface area is 131 Å². The molecule has 0 spiro atoms. The van der Waals surface area contributed by atoms with Crippen molar-refractivity contribution in [2.45, 2.75) is 32.4 Å². The quantitative estimate of drug-likeness (QED) is 0.847. The van der Waals surface area contributed by atoms with Gasteiger partial charge in [-0.25, -0.2) is 0 Å². The van der Waals surface area contributed by atoms with Gasteiger partial charge in [-0.15, -0.1) is 0 Å². The van der Waals surface area contributed by atoms with Gasteiger partial charge in [0.2, 0.25) is 0 Å². The van der Waals surface area contributed by atoms with Gasteiger partial charge in [-0.2, -0.15) is 0 Å². The fraction of sp³-hybridized carbons (Fsp3) is 0.562. The molecule has 116 valence electrons. The van der Waals surface area contributed by atoms with E-state index in [4.69, 9.17) is 16.3 Å². The van der Waals surface area contributed by atoms with Crippen LogP contribution in [0.3, 0.4) is 0 Å². The van der Waals surface area contributed by atoms with Crippen LogP contribution < -0.4 is 5.32 Å². The minimum absolute atomic E-state index is 0.217. The molecule has 0 amide bonds. The molecule has 1 atom stereocenters. The summed E-state index contributed by atoms with van der Waals surface area (Å²) in [6.45, 7) is 6.07. The maximum Gasteiger partial charge on any atom is 0.309 e. The summed E-state index contributed by atoms with van der Waals surface area (Å²) in [6.07, 6.45) is 1.42. The van der Waals surface area contributed by atoms with Gasteiger partial charge >= 0.3 is 5.97 Å². The standard InChI is InChI=1S/C16H23ClN2O2/c1-3-15-11-19(7-6-18-15)10-13-8-14(17)5-4-12(13)9-16(20)21-2/h4-5,8,15,18H,3,6-7,9-11H2,1-2H3/t15-/m0/s1. The molecule has 1 aromatic rings. The fourth-order valence-corrected chi connectivity index (χ4v) is 2.89. The zero-order chi connectivity index (χ0) is 15.2. The molecule has 1 heterocycles. The molecule has 0 radical (unpaired) electrons. The van der Waals surface area contributed by atoms with Gasteiger partial charge in [-0.1, -0.05) is 24.6 Å². The molecule has 4 nitrogen and oxygen atoms in total. The summed E-state index contributed by atoms with van der Waals surface area (Å²) in [4.78, 5) is 13.9. The van der Waals surface area contributed by atoms with Gasteiger partial charge in [0.25, 0.3) is 0 Å². The third-order valence-electron chi connectivity index (χ3n) is 3.96. The van der Waals surface area contributed by atoms with Crippen LogP contribution in [0.1, 0.15) is 24.5 Å². The Balaban J connectivity index is 2.10. The van der Waals surface area contributed by atoms with E-state index in [2.05, 4.69) is 17.1 Å². The summed E-state index contributed by atoms with van der Waals surface area (Å²) >= 11 is 6.11. The first-order chi connectivity index (χ1) is 10.1. The second-order valence-electron chi connectivity index (χ2n) is 5.46. The highest BCUT2D eigenvalue weighted by Crippen LogP contribution is 2.20. The molecule has 1 aliphatic heterocycles. The summed E-state index contributed by atoms with van der Waals surface area (Å²) < 4.78 is 4.77. The SMILES string of the molecule is CC[C@H]1CN(Cc2cc(Cl)ccc2CC(=O)OC)CCN1. The lowest BCUT2D eigenvalue weighted by Gasteiger charge is -2.33. The lowest BCUT2D eigenvalue weighted by atomic mass is 10.0. The molecule has 0 unspecified atom stereocenters. The van der Waals surface area contributed by atoms with Gasteiger partial charge in [0.05, 0.1) is 13.5 Å². The number of piperazine rings is 1. The lowest BCUT2D eigenvalue weighted by molar-refractivity contribution is -0.139. The average molecular weight is 311 g/mol. The summed E-state index contributed by atoms with van der Waals surface area (Å²) in [5.41, 5.74) is 2.11. The van der Waals surface area contributed by atoms with E-state index in [9.17, 15) is 4.79 Å². The Bertz CT molecular complexity index is 493. The van der Waals surface area contributed by atoms with Gasteiger partial charge in [-0.3, -0.25) is 9.69 Å². The predicted molar refractivity (Wildman–Crippen MR) is 84.5 cm³/mol. The molecule has 21 heavy (non-hydrogen) atoms. The summed E-state index contributed by atoms with van der Waals surface area (Å²) in [7, 11) is 1.42. The highest BCUT2D eigenvalue weighted by molar-refractivity contribution is 6.30. The topological polar surface area (TPSA) is 41.6 Å². The van der Waals surface area contributed by atoms with E-state index < -0.39 is 0 Å². The van der Waals surface area contributed by atoms with Crippen molar-refractivity contribution in [1.82, 2.24) is 10.2 Å². The van der Waals surface area contributed by atoms with Crippen LogP contribution in [0.2, 0.25) is 5.02 Å². The highest BCUT2D eigenvalue weighted by Gasteiger charge is 2.19. The molecule has 1 saturated heterocycles. The number of esters is 1. The van der Waals surface area contributed by atoms with Crippen LogP contribution in [-0.2, 0) is 22.5 Å². The number of methoxy groups -OCH3 is 1. The van der Waals surface area contributed by atoms with Crippen LogP contribution in [0.5, 0.6) is 0 Å². The van der Waals surface area contributed by atoms with Crippen LogP contribution >= 0.6 is 11.6 Å². The highest BCUT2D eigenvalue weighted by atomic mass is 35.5. The Morgan fingerprint density at radius 2 is 2.29 bits per heavy atom. The van der Waals surface area contributed by atoms with E-state index in [1.165, 1.54) is 7.11 Å². The number of rotatable bonds is 5. The normalized spacial score (nSPS) is 19.5. The Hall–Kier alpha value is -1.10. The summed E-state index contributed by atoms with van der Waals surface area (Å²) in [5.74, 6) is -0.217. The smallest absolute Gasteiger partial charge is 0.309 e. The van der Waals surface area contributed by atoms with Crippen molar-refractivity contribution in [3.05, 3.63) is 34.3 Å². The minimum atomic E-state index is -0.217. The molecule has 1 aliphatic rings. The predicted octanol–water partition coefficient (Wildman–Crippen LogP) is 2.24. The molecule has 5 heteroatoms. The summed E-state index contributed by atoms with van der Waals surface area (Å²) in [6, 6.07) is 6.26. The van der Waals surface area contributed by atoms with E-state index in [1.807, 2.05) is 18.2 Å². The largest absolute Gasteiger partial charge is 0.469 e. The molecule has 2 rings (SSSR count). The lowest BCUT2D eigenvalue weighted by Crippen LogP contribution is -2.49. The molecule has 0 bridgehead atoms. The Morgan fingerprint density at radius 1 is 1.48 bits per heavy atom. The second-order valence-corrected chi connectivity index (χ2v) is 5.90. The number of nitrogens with one attached hydrogen (secondary N) is 1. The van der Waals surface area contributed by atoms with Gasteiger partial charge in [-0.05, 0) is 29.7 Å². The van der Waals surface area contributed by atoms with Gasteiger partial charge in [0, 0.05) is 37.2 Å². The van der Waals surface area contributed by atoms with Crippen molar-refractivity contribution in [2.24, 2.45) is 0 Å². The first-order valence-electron chi connectivity index (χ1n) is 7.42. The Morgan fingerprint density at radius 3 is 3.00 bits per heavy atom. The van der Waals surface area contributed by atoms with Crippen molar-refractivity contribution in [1.29, 1.82) is 0 Å². The molecule has 1 aromatic carbocycles. The number of halogens is 1. The molecule has 0 saturated carbocycles. The maximum absolute atomic E-state index is 11.5. The number of benzene rings is 1. The number of ether oxygens (including phenoxy) is 1. The van der Waals surface area contributed by atoms with Crippen LogP contribution in [0.25, 0.3) is 0 Å². The minimum Gasteiger partial charge on any atom is -0.469 e. The van der Waals surface area contributed by atoms with E-state index in [0.717, 1.165) is 43.7 Å². The first kappa shape index (κ1) is 16.3. The molecule has 0 aromatic heterocycles. The maximum atomic E-state index is 11.5. The first-order valence-corrected chi connectivity index (χ1v) is 7.80. The van der Waals surface area contributed by atoms with Gasteiger partial charge in [0.15, 0.2) is 0 Å². The fourth-order valence-electron chi connectivity index (χ4n) is 2.69. The number of hydrogen-bond donors (Lipinski definition) is 1. The zero-order valence-corrected chi connectivity index (χ0v) is 13.4. The van der Waals surface area contributed by atoms with Crippen LogP contribution in [-0.4, -0.2) is 43.7 Å². The number of hydrogen-bond acceptors (Lipinski definition) is 4. The Kier molecular flexibility index (Phi) is 6.03. The molecular weight excluding hydrogens is 288 g/mol. The third-order valence-corrected chi connectivity index (χ3v) is 4.19. The molecule has 1 N–H and O–H groups in total.